The number of allylic oxidation sites excluding steroid dienone is 2. The summed E-state index contributed by atoms with van der Waals surface area (Å²) >= 11 is 0.746. The van der Waals surface area contributed by atoms with Crippen LogP contribution < -0.4 is 0 Å². The average molecular weight is 350 g/mol. The van der Waals surface area contributed by atoms with Crippen LogP contribution in [-0.2, 0) is 9.53 Å². The van der Waals surface area contributed by atoms with E-state index in [-0.39, 0.29) is 28.4 Å². The van der Waals surface area contributed by atoms with E-state index in [0.29, 0.717) is 0 Å². The number of nitrogens with zero attached hydrogens (tertiary/aromatic N) is 2. The molecule has 7 nitrogen and oxygen atoms in total. The van der Waals surface area contributed by atoms with Crippen LogP contribution in [0.25, 0.3) is 0 Å². The Balaban J connectivity index is 1.59. The van der Waals surface area contributed by atoms with Gasteiger partial charge in [0.15, 0.2) is 6.61 Å². The normalized spacial score (nSPS) is 17.1. The Morgan fingerprint density at radius 3 is 2.71 bits per heavy atom. The maximum atomic E-state index is 12.5. The fourth-order valence-corrected chi connectivity index (χ4v) is 3.49. The average Bonchev–Trinajstić information content (AvgIpc) is 3.27. The number of ether oxygens (including phenoxy) is 1. The second kappa shape index (κ2) is 7.12. The minimum atomic E-state index is -0.699. The SMILES string of the molecule is O=C(OCC(=O)N(C1=CCCCC1)C1CC1)c1ccc([N+](=O)[O-])s1. The van der Waals surface area contributed by atoms with Gasteiger partial charge in [0, 0.05) is 17.8 Å². The number of carbonyl (C=O) groups excluding carboxylic acids is 2. The summed E-state index contributed by atoms with van der Waals surface area (Å²) in [5.41, 5.74) is 1.04. The Kier molecular flexibility index (Phi) is 4.94. The third-order valence-electron chi connectivity index (χ3n) is 4.06. The molecule has 0 radical (unpaired) electrons. The van der Waals surface area contributed by atoms with Crippen molar-refractivity contribution in [1.29, 1.82) is 0 Å². The molecule has 0 saturated heterocycles. The Hall–Kier alpha value is -2.22. The van der Waals surface area contributed by atoms with E-state index in [1.54, 1.807) is 4.90 Å². The highest BCUT2D eigenvalue weighted by Crippen LogP contribution is 2.33. The van der Waals surface area contributed by atoms with Gasteiger partial charge >= 0.3 is 11.0 Å². The zero-order valence-corrected chi connectivity index (χ0v) is 13.9. The number of rotatable bonds is 6. The molecule has 0 atom stereocenters. The molecule has 2 aliphatic rings. The topological polar surface area (TPSA) is 89.8 Å². The minimum absolute atomic E-state index is 0.125. The quantitative estimate of drug-likeness (QED) is 0.446. The number of hydrogen-bond acceptors (Lipinski definition) is 6. The fourth-order valence-electron chi connectivity index (χ4n) is 2.77. The monoisotopic (exact) mass is 350 g/mol. The lowest BCUT2D eigenvalue weighted by Crippen LogP contribution is -2.36. The van der Waals surface area contributed by atoms with E-state index >= 15 is 0 Å². The molecule has 0 N–H and O–H groups in total. The van der Waals surface area contributed by atoms with E-state index in [2.05, 4.69) is 6.08 Å². The highest BCUT2D eigenvalue weighted by molar-refractivity contribution is 7.17. The molecule has 8 heteroatoms. The second-order valence-corrected chi connectivity index (χ2v) is 6.97. The van der Waals surface area contributed by atoms with Gasteiger partial charge in [-0.25, -0.2) is 4.79 Å². The summed E-state index contributed by atoms with van der Waals surface area (Å²) in [5.74, 6) is -0.917. The number of carbonyl (C=O) groups is 2. The summed E-state index contributed by atoms with van der Waals surface area (Å²) < 4.78 is 5.06. The van der Waals surface area contributed by atoms with Crippen molar-refractivity contribution >= 4 is 28.2 Å². The summed E-state index contributed by atoms with van der Waals surface area (Å²) in [5, 5.41) is 10.5. The highest BCUT2D eigenvalue weighted by atomic mass is 32.1. The number of nitro groups is 1. The first-order valence-electron chi connectivity index (χ1n) is 7.98. The van der Waals surface area contributed by atoms with Crippen LogP contribution in [0.5, 0.6) is 0 Å². The van der Waals surface area contributed by atoms with E-state index < -0.39 is 10.9 Å². The lowest BCUT2D eigenvalue weighted by Gasteiger charge is -2.27. The summed E-state index contributed by atoms with van der Waals surface area (Å²) in [6, 6.07) is 2.83. The van der Waals surface area contributed by atoms with Crippen LogP contribution in [0, 0.1) is 10.1 Å². The van der Waals surface area contributed by atoms with Crippen molar-refractivity contribution in [3.05, 3.63) is 38.9 Å². The van der Waals surface area contributed by atoms with Crippen LogP contribution in [0.2, 0.25) is 0 Å². The first-order valence-corrected chi connectivity index (χ1v) is 8.80. The first-order chi connectivity index (χ1) is 11.6. The van der Waals surface area contributed by atoms with Crippen LogP contribution in [0.15, 0.2) is 23.9 Å². The lowest BCUT2D eigenvalue weighted by atomic mass is 10.0. The van der Waals surface area contributed by atoms with Crippen molar-refractivity contribution in [1.82, 2.24) is 4.90 Å². The van der Waals surface area contributed by atoms with Gasteiger partial charge in [-0.15, -0.1) is 0 Å². The summed E-state index contributed by atoms with van der Waals surface area (Å²) in [6.07, 6.45) is 8.13. The molecule has 128 valence electrons. The molecule has 1 aromatic heterocycles. The van der Waals surface area contributed by atoms with Gasteiger partial charge in [-0.1, -0.05) is 17.4 Å². The minimum Gasteiger partial charge on any atom is -0.451 e. The van der Waals surface area contributed by atoms with Gasteiger partial charge in [0.25, 0.3) is 5.91 Å². The number of thiophene rings is 1. The Morgan fingerprint density at radius 2 is 2.12 bits per heavy atom. The maximum Gasteiger partial charge on any atom is 0.349 e. The molecule has 2 aliphatic carbocycles. The lowest BCUT2D eigenvalue weighted by molar-refractivity contribution is -0.380. The molecule has 0 aliphatic heterocycles. The van der Waals surface area contributed by atoms with E-state index in [0.717, 1.165) is 55.6 Å². The molecule has 24 heavy (non-hydrogen) atoms. The molecule has 1 amide bonds. The van der Waals surface area contributed by atoms with E-state index in [9.17, 15) is 19.7 Å². The third-order valence-corrected chi connectivity index (χ3v) is 5.07. The van der Waals surface area contributed by atoms with Gasteiger partial charge in [-0.2, -0.15) is 0 Å². The molecule has 0 unspecified atom stereocenters. The van der Waals surface area contributed by atoms with E-state index in [1.807, 2.05) is 0 Å². The van der Waals surface area contributed by atoms with Crippen molar-refractivity contribution < 1.29 is 19.2 Å². The molecule has 1 heterocycles. The van der Waals surface area contributed by atoms with Crippen molar-refractivity contribution in [3.8, 4) is 0 Å². The maximum absolute atomic E-state index is 12.5. The molecule has 1 fully saturated rings. The zero-order valence-electron chi connectivity index (χ0n) is 13.1. The molecule has 0 aromatic carbocycles. The van der Waals surface area contributed by atoms with Crippen molar-refractivity contribution in [2.45, 2.75) is 44.6 Å². The van der Waals surface area contributed by atoms with E-state index in [1.165, 1.54) is 12.1 Å². The van der Waals surface area contributed by atoms with Gasteiger partial charge in [0.1, 0.15) is 4.88 Å². The van der Waals surface area contributed by atoms with Gasteiger partial charge in [-0.05, 0) is 44.6 Å². The van der Waals surface area contributed by atoms with Crippen LogP contribution in [-0.4, -0.2) is 34.3 Å². The molecular weight excluding hydrogens is 332 g/mol. The third kappa shape index (κ3) is 3.81. The predicted octanol–water partition coefficient (Wildman–Crippen LogP) is 3.26. The van der Waals surface area contributed by atoms with Crippen LogP contribution in [0.1, 0.15) is 48.2 Å². The smallest absolute Gasteiger partial charge is 0.349 e. The van der Waals surface area contributed by atoms with Crippen LogP contribution >= 0.6 is 11.3 Å². The molecular formula is C16H18N2O5S. The standard InChI is InChI=1S/C16H18N2O5S/c19-14(17(12-6-7-12)11-4-2-1-3-5-11)10-23-16(20)13-8-9-15(24-13)18(21)22/h4,8-9,12H,1-3,5-7,10H2. The Morgan fingerprint density at radius 1 is 1.33 bits per heavy atom. The van der Waals surface area contributed by atoms with E-state index in [4.69, 9.17) is 4.74 Å². The molecule has 0 spiro atoms. The summed E-state index contributed by atoms with van der Waals surface area (Å²) in [7, 11) is 0. The summed E-state index contributed by atoms with van der Waals surface area (Å²) in [6.45, 7) is -0.335. The van der Waals surface area contributed by atoms with Crippen LogP contribution in [0.4, 0.5) is 5.00 Å². The first kappa shape index (κ1) is 16.6. The molecule has 1 saturated carbocycles. The van der Waals surface area contributed by atoms with Gasteiger partial charge < -0.3 is 9.64 Å². The number of hydrogen-bond donors (Lipinski definition) is 0. The molecule has 1 aromatic rings. The fraction of sp³-hybridized carbons (Fsp3) is 0.500. The van der Waals surface area contributed by atoms with Gasteiger partial charge in [-0.3, -0.25) is 14.9 Å². The number of amides is 1. The van der Waals surface area contributed by atoms with Crippen molar-refractivity contribution in [2.24, 2.45) is 0 Å². The molecule has 0 bridgehead atoms. The molecule has 3 rings (SSSR count). The highest BCUT2D eigenvalue weighted by Gasteiger charge is 2.35. The van der Waals surface area contributed by atoms with Gasteiger partial charge in [0.2, 0.25) is 0 Å². The summed E-state index contributed by atoms with van der Waals surface area (Å²) in [4.78, 5) is 36.4. The Bertz CT molecular complexity index is 692. The Labute approximate surface area is 143 Å². The largest absolute Gasteiger partial charge is 0.451 e. The number of esters is 1. The van der Waals surface area contributed by atoms with Crippen molar-refractivity contribution in [3.63, 3.8) is 0 Å². The van der Waals surface area contributed by atoms with Crippen molar-refractivity contribution in [2.75, 3.05) is 6.61 Å². The van der Waals surface area contributed by atoms with Gasteiger partial charge in [0.05, 0.1) is 4.92 Å². The predicted molar refractivity (Wildman–Crippen MR) is 87.7 cm³/mol. The van der Waals surface area contributed by atoms with Crippen LogP contribution in [0.3, 0.4) is 0 Å². The zero-order chi connectivity index (χ0) is 17.1. The second-order valence-electron chi connectivity index (χ2n) is 5.91.